The zero-order chi connectivity index (χ0) is 11.8. The molecule has 1 aromatic heterocycles. The number of nitrogens with zero attached hydrogens (tertiary/aromatic N) is 2. The van der Waals surface area contributed by atoms with Crippen molar-refractivity contribution in [3.05, 3.63) is 22.4 Å². The van der Waals surface area contributed by atoms with E-state index in [4.69, 9.17) is 5.26 Å². The summed E-state index contributed by atoms with van der Waals surface area (Å²) in [4.78, 5) is 5.83. The molecule has 0 amide bonds. The Kier molecular flexibility index (Phi) is 5.98. The number of thiophene rings is 1. The molecular weight excluding hydrogens is 238 g/mol. The van der Waals surface area contributed by atoms with Crippen LogP contribution in [0.5, 0.6) is 0 Å². The second kappa shape index (κ2) is 7.31. The van der Waals surface area contributed by atoms with Crippen LogP contribution in [-0.4, -0.2) is 11.4 Å². The third kappa shape index (κ3) is 3.87. The van der Waals surface area contributed by atoms with Crippen LogP contribution in [0.25, 0.3) is 0 Å². The number of nitriles is 1. The maximum atomic E-state index is 8.59. The van der Waals surface area contributed by atoms with Crippen LogP contribution < -0.4 is 5.32 Å². The molecule has 0 bridgehead atoms. The van der Waals surface area contributed by atoms with Crippen LogP contribution >= 0.6 is 23.1 Å². The summed E-state index contributed by atoms with van der Waals surface area (Å²) in [5, 5.41) is 13.9. The predicted octanol–water partition coefficient (Wildman–Crippen LogP) is 3.38. The number of rotatable bonds is 4. The lowest BCUT2D eigenvalue weighted by atomic mass is 10.1. The molecule has 1 atom stereocenters. The van der Waals surface area contributed by atoms with Gasteiger partial charge in [0.2, 0.25) is 0 Å². The van der Waals surface area contributed by atoms with Gasteiger partial charge >= 0.3 is 0 Å². The van der Waals surface area contributed by atoms with E-state index in [1.54, 1.807) is 11.3 Å². The lowest BCUT2D eigenvalue weighted by Crippen LogP contribution is -2.14. The number of hydrogen-bond acceptors (Lipinski definition) is 4. The first-order chi connectivity index (χ1) is 7.81. The Morgan fingerprint density at radius 3 is 3.06 bits per heavy atom. The lowest BCUT2D eigenvalue weighted by molar-refractivity contribution is 0.650. The van der Waals surface area contributed by atoms with Gasteiger partial charge < -0.3 is 0 Å². The van der Waals surface area contributed by atoms with Gasteiger partial charge in [-0.2, -0.15) is 5.26 Å². The largest absolute Gasteiger partial charge is 0.272 e. The zero-order valence-electron chi connectivity index (χ0n) is 9.43. The van der Waals surface area contributed by atoms with E-state index in [0.717, 1.165) is 12.8 Å². The molecule has 0 radical (unpaired) electrons. The molecule has 1 unspecified atom stereocenters. The van der Waals surface area contributed by atoms with Gasteiger partial charge in [-0.15, -0.1) is 11.3 Å². The molecule has 0 aromatic carbocycles. The van der Waals surface area contributed by atoms with Gasteiger partial charge in [0.1, 0.15) is 0 Å². The molecular formula is C11H15N3S2. The highest BCUT2D eigenvalue weighted by atomic mass is 32.2. The monoisotopic (exact) mass is 253 g/mol. The van der Waals surface area contributed by atoms with Crippen LogP contribution in [0.4, 0.5) is 0 Å². The first-order valence-electron chi connectivity index (χ1n) is 5.12. The van der Waals surface area contributed by atoms with Crippen LogP contribution in [0.1, 0.15) is 30.7 Å². The van der Waals surface area contributed by atoms with Gasteiger partial charge in [-0.25, -0.2) is 0 Å². The van der Waals surface area contributed by atoms with E-state index in [0.29, 0.717) is 5.17 Å². The summed E-state index contributed by atoms with van der Waals surface area (Å²) in [7, 11) is 0. The fourth-order valence-corrected chi connectivity index (χ4v) is 2.53. The summed E-state index contributed by atoms with van der Waals surface area (Å²) < 4.78 is 0. The number of nitrogens with one attached hydrogen (secondary N) is 1. The molecule has 1 N–H and O–H groups in total. The molecule has 3 nitrogen and oxygen atoms in total. The number of thioether (sulfide) groups is 1. The Balaban J connectivity index is 2.82. The van der Waals surface area contributed by atoms with Crippen molar-refractivity contribution < 1.29 is 0 Å². The van der Waals surface area contributed by atoms with Crippen LogP contribution in [0.2, 0.25) is 0 Å². The third-order valence-electron chi connectivity index (χ3n) is 2.06. The fourth-order valence-electron chi connectivity index (χ4n) is 1.35. The van der Waals surface area contributed by atoms with Gasteiger partial charge in [0, 0.05) is 4.88 Å². The van der Waals surface area contributed by atoms with Crippen LogP contribution in [-0.2, 0) is 0 Å². The molecule has 1 aromatic rings. The minimum atomic E-state index is 0.174. The van der Waals surface area contributed by atoms with Crippen LogP contribution in [0.15, 0.2) is 22.5 Å². The second-order valence-corrected chi connectivity index (χ2v) is 4.97. The SMILES string of the molecule is CCCC(N=C(NC#N)SC)c1cccs1. The molecule has 1 heterocycles. The predicted molar refractivity (Wildman–Crippen MR) is 71.7 cm³/mol. The van der Waals surface area contributed by atoms with Gasteiger partial charge in [0.25, 0.3) is 0 Å². The number of amidine groups is 1. The molecule has 86 valence electrons. The molecule has 0 aliphatic carbocycles. The first kappa shape index (κ1) is 13.1. The Bertz CT molecular complexity index is 365. The third-order valence-corrected chi connectivity index (χ3v) is 3.63. The van der Waals surface area contributed by atoms with Gasteiger partial charge in [-0.05, 0) is 24.1 Å². The summed E-state index contributed by atoms with van der Waals surface area (Å²) in [6.07, 6.45) is 5.93. The van der Waals surface area contributed by atoms with E-state index in [9.17, 15) is 0 Å². The van der Waals surface area contributed by atoms with Gasteiger partial charge in [0.15, 0.2) is 11.4 Å². The minimum Gasteiger partial charge on any atom is -0.272 e. The molecule has 16 heavy (non-hydrogen) atoms. The smallest absolute Gasteiger partial charge is 0.183 e. The maximum Gasteiger partial charge on any atom is 0.183 e. The van der Waals surface area contributed by atoms with Crippen LogP contribution in [0, 0.1) is 11.5 Å². The molecule has 0 saturated carbocycles. The van der Waals surface area contributed by atoms with Gasteiger partial charge in [-0.3, -0.25) is 10.3 Å². The number of aliphatic imine (C=N–C) groups is 1. The maximum absolute atomic E-state index is 8.59. The van der Waals surface area contributed by atoms with Crippen molar-refractivity contribution in [2.24, 2.45) is 4.99 Å². The van der Waals surface area contributed by atoms with Gasteiger partial charge in [0.05, 0.1) is 6.04 Å². The van der Waals surface area contributed by atoms with E-state index >= 15 is 0 Å². The Morgan fingerprint density at radius 2 is 2.56 bits per heavy atom. The summed E-state index contributed by atoms with van der Waals surface area (Å²) in [5.41, 5.74) is 0. The van der Waals surface area contributed by atoms with E-state index in [1.165, 1.54) is 16.6 Å². The topological polar surface area (TPSA) is 48.2 Å². The Hall–Kier alpha value is -0.990. The molecule has 0 spiro atoms. The summed E-state index contributed by atoms with van der Waals surface area (Å²) in [6.45, 7) is 2.15. The molecule has 1 rings (SSSR count). The van der Waals surface area contributed by atoms with Crippen molar-refractivity contribution in [2.45, 2.75) is 25.8 Å². The fraction of sp³-hybridized carbons (Fsp3) is 0.455. The molecule has 0 saturated heterocycles. The van der Waals surface area contributed by atoms with E-state index in [-0.39, 0.29) is 6.04 Å². The normalized spacial score (nSPS) is 13.2. The number of hydrogen-bond donors (Lipinski definition) is 1. The van der Waals surface area contributed by atoms with Crippen molar-refractivity contribution in [1.82, 2.24) is 5.32 Å². The molecule has 0 fully saturated rings. The Morgan fingerprint density at radius 1 is 1.75 bits per heavy atom. The quantitative estimate of drug-likeness (QED) is 0.387. The minimum absolute atomic E-state index is 0.174. The molecule has 0 aliphatic heterocycles. The average molecular weight is 253 g/mol. The summed E-state index contributed by atoms with van der Waals surface area (Å²) in [6, 6.07) is 4.31. The standard InChI is InChI=1S/C11H15N3S2/c1-3-5-9(10-6-4-7-16-10)14-11(15-2)13-8-12/h4,6-7,9H,3,5H2,1-2H3,(H,13,14). The van der Waals surface area contributed by atoms with Crippen molar-refractivity contribution in [3.8, 4) is 6.19 Å². The van der Waals surface area contributed by atoms with Crippen molar-refractivity contribution in [3.63, 3.8) is 0 Å². The highest BCUT2D eigenvalue weighted by Crippen LogP contribution is 2.27. The van der Waals surface area contributed by atoms with E-state index < -0.39 is 0 Å². The van der Waals surface area contributed by atoms with Gasteiger partial charge in [-0.1, -0.05) is 31.2 Å². The lowest BCUT2D eigenvalue weighted by Gasteiger charge is -2.10. The first-order valence-corrected chi connectivity index (χ1v) is 7.22. The van der Waals surface area contributed by atoms with Crippen molar-refractivity contribution >= 4 is 28.3 Å². The van der Waals surface area contributed by atoms with E-state index in [2.05, 4.69) is 28.7 Å². The van der Waals surface area contributed by atoms with Crippen LogP contribution in [0.3, 0.4) is 0 Å². The molecule has 0 aliphatic rings. The highest BCUT2D eigenvalue weighted by molar-refractivity contribution is 8.13. The average Bonchev–Trinajstić information content (AvgIpc) is 2.81. The summed E-state index contributed by atoms with van der Waals surface area (Å²) >= 11 is 3.18. The molecule has 5 heteroatoms. The van der Waals surface area contributed by atoms with Crippen molar-refractivity contribution in [2.75, 3.05) is 6.26 Å². The second-order valence-electron chi connectivity index (χ2n) is 3.20. The zero-order valence-corrected chi connectivity index (χ0v) is 11.1. The Labute approximate surface area is 105 Å². The van der Waals surface area contributed by atoms with E-state index in [1.807, 2.05) is 18.5 Å². The highest BCUT2D eigenvalue weighted by Gasteiger charge is 2.11. The van der Waals surface area contributed by atoms with Crippen molar-refractivity contribution in [1.29, 1.82) is 5.26 Å². The summed E-state index contributed by atoms with van der Waals surface area (Å²) in [5.74, 6) is 0.